The lowest BCUT2D eigenvalue weighted by Crippen LogP contribution is -2.23. The quantitative estimate of drug-likeness (QED) is 0.737. The number of hydrogen-bond acceptors (Lipinski definition) is 6. The molecule has 0 amide bonds. The normalized spacial score (nSPS) is 12.3. The summed E-state index contributed by atoms with van der Waals surface area (Å²) in [6.45, 7) is 3.84. The molecule has 7 nitrogen and oxygen atoms in total. The molecule has 3 aromatic rings. The van der Waals surface area contributed by atoms with Crippen LogP contribution in [0.15, 0.2) is 30.9 Å². The molecule has 0 fully saturated rings. The molecular weight excluding hydrogens is 268 g/mol. The number of hydrogen-bond donors (Lipinski definition) is 1. The van der Waals surface area contributed by atoms with Gasteiger partial charge in [-0.05, 0) is 26.0 Å². The Balaban J connectivity index is 1.78. The molecule has 1 unspecified atom stereocenters. The highest BCUT2D eigenvalue weighted by atomic mass is 16.5. The standard InChI is InChI=1S/C14H16N6O/c1-9-4-5-11(6-15-9)21-10(2)19-14-13-12(16-8-17-14)7-18-20(13)3/h4-8,10H,1-3H3,(H,16,17,19). The van der Waals surface area contributed by atoms with Crippen molar-refractivity contribution in [1.82, 2.24) is 24.7 Å². The molecule has 1 N–H and O–H groups in total. The topological polar surface area (TPSA) is 77.8 Å². The van der Waals surface area contributed by atoms with Gasteiger partial charge in [-0.15, -0.1) is 0 Å². The second kappa shape index (κ2) is 5.35. The number of nitrogens with zero attached hydrogens (tertiary/aromatic N) is 5. The van der Waals surface area contributed by atoms with Crippen LogP contribution < -0.4 is 10.1 Å². The molecule has 0 aromatic carbocycles. The van der Waals surface area contributed by atoms with Gasteiger partial charge in [0.25, 0.3) is 0 Å². The largest absolute Gasteiger partial charge is 0.469 e. The summed E-state index contributed by atoms with van der Waals surface area (Å²) in [5, 5.41) is 7.39. The van der Waals surface area contributed by atoms with Crippen LogP contribution in [0.5, 0.6) is 5.75 Å². The van der Waals surface area contributed by atoms with Crippen molar-refractivity contribution in [2.24, 2.45) is 7.05 Å². The zero-order chi connectivity index (χ0) is 14.8. The monoisotopic (exact) mass is 284 g/mol. The molecule has 0 saturated heterocycles. The third-order valence-corrected chi connectivity index (χ3v) is 3.06. The summed E-state index contributed by atoms with van der Waals surface area (Å²) >= 11 is 0. The lowest BCUT2D eigenvalue weighted by molar-refractivity contribution is 0.249. The predicted molar refractivity (Wildman–Crippen MR) is 79.0 cm³/mol. The third kappa shape index (κ3) is 2.76. The van der Waals surface area contributed by atoms with E-state index in [9.17, 15) is 0 Å². The molecule has 0 aliphatic carbocycles. The Hall–Kier alpha value is -2.70. The maximum Gasteiger partial charge on any atom is 0.168 e. The third-order valence-electron chi connectivity index (χ3n) is 3.06. The fourth-order valence-corrected chi connectivity index (χ4v) is 2.06. The van der Waals surface area contributed by atoms with Crippen LogP contribution in [0.3, 0.4) is 0 Å². The molecule has 0 bridgehead atoms. The number of aromatic nitrogens is 5. The van der Waals surface area contributed by atoms with E-state index < -0.39 is 0 Å². The van der Waals surface area contributed by atoms with Gasteiger partial charge in [0.1, 0.15) is 23.1 Å². The highest BCUT2D eigenvalue weighted by molar-refractivity contribution is 5.84. The van der Waals surface area contributed by atoms with Gasteiger partial charge in [0, 0.05) is 12.7 Å². The minimum atomic E-state index is -0.262. The van der Waals surface area contributed by atoms with E-state index in [2.05, 4.69) is 25.4 Å². The second-order valence-electron chi connectivity index (χ2n) is 4.76. The lowest BCUT2D eigenvalue weighted by Gasteiger charge is -2.17. The summed E-state index contributed by atoms with van der Waals surface area (Å²) in [5.74, 6) is 1.39. The van der Waals surface area contributed by atoms with Crippen molar-refractivity contribution in [1.29, 1.82) is 0 Å². The number of aryl methyl sites for hydroxylation is 2. The van der Waals surface area contributed by atoms with E-state index in [4.69, 9.17) is 4.74 Å². The first-order valence-corrected chi connectivity index (χ1v) is 6.62. The number of anilines is 1. The van der Waals surface area contributed by atoms with E-state index in [1.807, 2.05) is 33.0 Å². The second-order valence-corrected chi connectivity index (χ2v) is 4.76. The highest BCUT2D eigenvalue weighted by Gasteiger charge is 2.11. The van der Waals surface area contributed by atoms with Gasteiger partial charge >= 0.3 is 0 Å². The Morgan fingerprint density at radius 2 is 2.05 bits per heavy atom. The molecule has 1 atom stereocenters. The van der Waals surface area contributed by atoms with Crippen molar-refractivity contribution >= 4 is 16.9 Å². The van der Waals surface area contributed by atoms with E-state index in [0.717, 1.165) is 16.7 Å². The predicted octanol–water partition coefficient (Wildman–Crippen LogP) is 1.90. The molecule has 0 saturated carbocycles. The van der Waals surface area contributed by atoms with Crippen molar-refractivity contribution in [3.63, 3.8) is 0 Å². The fraction of sp³-hybridized carbons (Fsp3) is 0.286. The Morgan fingerprint density at radius 1 is 1.19 bits per heavy atom. The average molecular weight is 284 g/mol. The number of pyridine rings is 1. The Labute approximate surface area is 122 Å². The molecule has 3 rings (SSSR count). The van der Waals surface area contributed by atoms with Crippen LogP contribution in [0, 0.1) is 6.92 Å². The molecule has 0 spiro atoms. The van der Waals surface area contributed by atoms with Crippen LogP contribution in [0.1, 0.15) is 12.6 Å². The van der Waals surface area contributed by atoms with E-state index in [-0.39, 0.29) is 6.23 Å². The van der Waals surface area contributed by atoms with Crippen LogP contribution in [0.25, 0.3) is 11.0 Å². The van der Waals surface area contributed by atoms with Crippen molar-refractivity contribution in [3.05, 3.63) is 36.5 Å². The molecule has 21 heavy (non-hydrogen) atoms. The molecular formula is C14H16N6O. The first-order chi connectivity index (χ1) is 10.1. The van der Waals surface area contributed by atoms with E-state index in [1.165, 1.54) is 6.33 Å². The lowest BCUT2D eigenvalue weighted by atomic mass is 10.4. The smallest absolute Gasteiger partial charge is 0.168 e. The maximum absolute atomic E-state index is 5.77. The molecule has 0 aliphatic rings. The Morgan fingerprint density at radius 3 is 2.81 bits per heavy atom. The van der Waals surface area contributed by atoms with Gasteiger partial charge in [0.2, 0.25) is 0 Å². The minimum absolute atomic E-state index is 0.262. The first-order valence-electron chi connectivity index (χ1n) is 6.62. The van der Waals surface area contributed by atoms with Gasteiger partial charge in [-0.3, -0.25) is 9.67 Å². The minimum Gasteiger partial charge on any atom is -0.469 e. The summed E-state index contributed by atoms with van der Waals surface area (Å²) in [6.07, 6.45) is 4.65. The molecule has 3 heterocycles. The van der Waals surface area contributed by atoms with Gasteiger partial charge in [0.15, 0.2) is 12.0 Å². The van der Waals surface area contributed by atoms with Crippen LogP contribution in [0.4, 0.5) is 5.82 Å². The van der Waals surface area contributed by atoms with Crippen LogP contribution in [-0.4, -0.2) is 31.0 Å². The van der Waals surface area contributed by atoms with Crippen LogP contribution >= 0.6 is 0 Å². The summed E-state index contributed by atoms with van der Waals surface area (Å²) < 4.78 is 7.51. The van der Waals surface area contributed by atoms with E-state index >= 15 is 0 Å². The van der Waals surface area contributed by atoms with Gasteiger partial charge in [-0.25, -0.2) is 9.97 Å². The summed E-state index contributed by atoms with van der Waals surface area (Å²) in [5.41, 5.74) is 2.59. The molecule has 7 heteroatoms. The molecule has 3 aromatic heterocycles. The summed E-state index contributed by atoms with van der Waals surface area (Å²) in [6, 6.07) is 3.80. The number of fused-ring (bicyclic) bond motifs is 1. The maximum atomic E-state index is 5.77. The molecule has 0 aliphatic heterocycles. The van der Waals surface area contributed by atoms with Crippen LogP contribution in [-0.2, 0) is 7.05 Å². The van der Waals surface area contributed by atoms with Gasteiger partial charge in [-0.1, -0.05) is 0 Å². The average Bonchev–Trinajstić information content (AvgIpc) is 2.84. The summed E-state index contributed by atoms with van der Waals surface area (Å²) in [7, 11) is 1.85. The zero-order valence-corrected chi connectivity index (χ0v) is 12.1. The first kappa shape index (κ1) is 13.3. The Bertz CT molecular complexity index is 752. The molecule has 108 valence electrons. The van der Waals surface area contributed by atoms with Crippen molar-refractivity contribution in [2.75, 3.05) is 5.32 Å². The highest BCUT2D eigenvalue weighted by Crippen LogP contribution is 2.19. The van der Waals surface area contributed by atoms with E-state index in [1.54, 1.807) is 17.1 Å². The van der Waals surface area contributed by atoms with Crippen molar-refractivity contribution < 1.29 is 4.74 Å². The molecule has 0 radical (unpaired) electrons. The number of nitrogens with one attached hydrogen (secondary N) is 1. The fourth-order valence-electron chi connectivity index (χ4n) is 2.06. The van der Waals surface area contributed by atoms with Gasteiger partial charge in [-0.2, -0.15) is 5.10 Å². The van der Waals surface area contributed by atoms with Crippen molar-refractivity contribution in [2.45, 2.75) is 20.1 Å². The number of ether oxygens (including phenoxy) is 1. The van der Waals surface area contributed by atoms with Gasteiger partial charge in [0.05, 0.1) is 12.4 Å². The van der Waals surface area contributed by atoms with E-state index in [0.29, 0.717) is 11.6 Å². The zero-order valence-electron chi connectivity index (χ0n) is 12.1. The number of rotatable bonds is 4. The SMILES string of the molecule is Cc1ccc(OC(C)Nc2ncnc3cnn(C)c23)cn1. The van der Waals surface area contributed by atoms with Crippen LogP contribution in [0.2, 0.25) is 0 Å². The van der Waals surface area contributed by atoms with Crippen molar-refractivity contribution in [3.8, 4) is 5.75 Å². The van der Waals surface area contributed by atoms with Gasteiger partial charge < -0.3 is 10.1 Å². The Kier molecular flexibility index (Phi) is 3.39. The summed E-state index contributed by atoms with van der Waals surface area (Å²) in [4.78, 5) is 12.6.